The van der Waals surface area contributed by atoms with Crippen LogP contribution in [-0.4, -0.2) is 37.1 Å². The second kappa shape index (κ2) is 8.13. The lowest BCUT2D eigenvalue weighted by Crippen LogP contribution is -2.13. The lowest BCUT2D eigenvalue weighted by Gasteiger charge is -2.17. The van der Waals surface area contributed by atoms with E-state index in [0.29, 0.717) is 12.6 Å². The smallest absolute Gasteiger partial charge is 0.417 e. The highest BCUT2D eigenvalue weighted by atomic mass is 31.2. The molecule has 2 N–H and O–H groups in total. The highest BCUT2D eigenvalue weighted by Crippen LogP contribution is 2.41. The summed E-state index contributed by atoms with van der Waals surface area (Å²) in [5, 5.41) is 0. The number of ether oxygens (including phenoxy) is 1. The van der Waals surface area contributed by atoms with E-state index in [-0.39, 0.29) is 29.0 Å². The van der Waals surface area contributed by atoms with Gasteiger partial charge in [-0.15, -0.1) is 0 Å². The molecule has 0 bridgehead atoms. The molecule has 0 saturated carbocycles. The third kappa shape index (κ3) is 5.57. The fourth-order valence-corrected chi connectivity index (χ4v) is 3.46. The summed E-state index contributed by atoms with van der Waals surface area (Å²) in [7, 11) is -2.23. The first-order valence-electron chi connectivity index (χ1n) is 8.12. The number of halogens is 3. The van der Waals surface area contributed by atoms with Crippen LogP contribution in [0.4, 0.5) is 18.9 Å². The Bertz CT molecular complexity index is 878. The number of hydrogen-bond acceptors (Lipinski definition) is 5. The Morgan fingerprint density at radius 3 is 2.59 bits per heavy atom. The molecule has 0 fully saturated rings. The molecule has 5 nitrogen and oxygen atoms in total. The molecule has 0 aliphatic carbocycles. The van der Waals surface area contributed by atoms with E-state index in [0.717, 1.165) is 12.3 Å². The molecule has 0 radical (unpaired) electrons. The van der Waals surface area contributed by atoms with E-state index in [1.807, 2.05) is 0 Å². The van der Waals surface area contributed by atoms with Crippen LogP contribution in [0.5, 0.6) is 0 Å². The molecule has 0 atom stereocenters. The minimum atomic E-state index is -4.64. The topological polar surface area (TPSA) is 82.3 Å². The van der Waals surface area contributed by atoms with Gasteiger partial charge in [0, 0.05) is 35.4 Å². The van der Waals surface area contributed by atoms with Gasteiger partial charge in [-0.1, -0.05) is 6.07 Å². The van der Waals surface area contributed by atoms with Gasteiger partial charge in [0.2, 0.25) is 0 Å². The number of nitrogen functional groups attached to an aromatic ring is 1. The van der Waals surface area contributed by atoms with Crippen LogP contribution in [0, 0.1) is 0 Å². The van der Waals surface area contributed by atoms with Crippen molar-refractivity contribution in [3.63, 3.8) is 0 Å². The summed E-state index contributed by atoms with van der Waals surface area (Å²) in [6.45, 7) is 3.27. The maximum atomic E-state index is 13.4. The van der Waals surface area contributed by atoms with Crippen molar-refractivity contribution in [2.75, 3.05) is 31.8 Å². The summed E-state index contributed by atoms with van der Waals surface area (Å²) in [6, 6.07) is 4.74. The Morgan fingerprint density at radius 2 is 1.96 bits per heavy atom. The summed E-state index contributed by atoms with van der Waals surface area (Å²) in [5.41, 5.74) is 4.33. The average molecular weight is 400 g/mol. The monoisotopic (exact) mass is 400 g/mol. The fraction of sp³-hybridized carbons (Fsp3) is 0.333. The number of nitrogens with zero attached hydrogens (tertiary/aromatic N) is 1. The van der Waals surface area contributed by atoms with Gasteiger partial charge in [-0.25, -0.2) is 4.79 Å². The van der Waals surface area contributed by atoms with Crippen LogP contribution in [0.2, 0.25) is 0 Å². The van der Waals surface area contributed by atoms with Crippen LogP contribution in [-0.2, 0) is 15.5 Å². The predicted molar refractivity (Wildman–Crippen MR) is 98.3 cm³/mol. The summed E-state index contributed by atoms with van der Waals surface area (Å²) in [4.78, 5) is 16.2. The molecule has 0 saturated heterocycles. The zero-order valence-corrected chi connectivity index (χ0v) is 15.8. The molecule has 0 unspecified atom stereocenters. The third-order valence-corrected chi connectivity index (χ3v) is 5.18. The zero-order valence-electron chi connectivity index (χ0n) is 14.9. The van der Waals surface area contributed by atoms with E-state index in [2.05, 4.69) is 4.98 Å². The fourth-order valence-electron chi connectivity index (χ4n) is 2.57. The minimum absolute atomic E-state index is 0.00270. The van der Waals surface area contributed by atoms with Gasteiger partial charge in [-0.3, -0.25) is 4.98 Å². The number of pyridine rings is 1. The second-order valence-electron chi connectivity index (χ2n) is 6.48. The Labute approximate surface area is 155 Å². The van der Waals surface area contributed by atoms with Crippen LogP contribution in [0.3, 0.4) is 0 Å². The van der Waals surface area contributed by atoms with Crippen molar-refractivity contribution in [1.82, 2.24) is 4.98 Å². The van der Waals surface area contributed by atoms with Crippen molar-refractivity contribution < 1.29 is 27.3 Å². The summed E-state index contributed by atoms with van der Waals surface area (Å²) < 4.78 is 57.0. The molecule has 9 heteroatoms. The number of nitrogens with two attached hydrogens (primary N) is 1. The largest absolute Gasteiger partial charge is 0.462 e. The number of anilines is 1. The van der Waals surface area contributed by atoms with Crippen LogP contribution in [0.15, 0.2) is 36.7 Å². The standard InChI is InChI=1S/C18H20F3N2O3P/c1-27(2,25)10-4-9-26-17(24)13-11-23-8-7-12(13)16-14(18(19,20)21)5-3-6-15(16)22/h3,5-8,11H,4,9-10,22H2,1-2H3. The summed E-state index contributed by atoms with van der Waals surface area (Å²) in [6.07, 6.45) is -1.41. The number of carbonyl (C=O) groups excluding carboxylic acids is 1. The van der Waals surface area contributed by atoms with Gasteiger partial charge in [0.05, 0.1) is 24.9 Å². The van der Waals surface area contributed by atoms with Crippen LogP contribution >= 0.6 is 7.14 Å². The Kier molecular flexibility index (Phi) is 6.31. The number of rotatable bonds is 6. The number of carbonyl (C=O) groups is 1. The number of alkyl halides is 3. The normalized spacial score (nSPS) is 12.0. The first kappa shape index (κ1) is 21.0. The highest BCUT2D eigenvalue weighted by Gasteiger charge is 2.35. The highest BCUT2D eigenvalue weighted by molar-refractivity contribution is 7.62. The molecule has 1 aromatic carbocycles. The summed E-state index contributed by atoms with van der Waals surface area (Å²) in [5.74, 6) is -0.809. The molecule has 27 heavy (non-hydrogen) atoms. The van der Waals surface area contributed by atoms with Crippen molar-refractivity contribution in [1.29, 1.82) is 0 Å². The summed E-state index contributed by atoms with van der Waals surface area (Å²) >= 11 is 0. The molecule has 2 rings (SSSR count). The SMILES string of the molecule is CP(C)(=O)CCCOC(=O)c1cnccc1-c1c(N)cccc1C(F)(F)F. The van der Waals surface area contributed by atoms with E-state index in [1.54, 1.807) is 13.3 Å². The van der Waals surface area contributed by atoms with E-state index >= 15 is 0 Å². The van der Waals surface area contributed by atoms with Gasteiger partial charge in [-0.2, -0.15) is 13.2 Å². The maximum Gasteiger partial charge on any atom is 0.417 e. The van der Waals surface area contributed by atoms with E-state index in [4.69, 9.17) is 10.5 Å². The molecular formula is C18H20F3N2O3P. The van der Waals surface area contributed by atoms with Crippen molar-refractivity contribution in [2.45, 2.75) is 12.6 Å². The first-order valence-corrected chi connectivity index (χ1v) is 10.9. The van der Waals surface area contributed by atoms with E-state index in [9.17, 15) is 22.5 Å². The van der Waals surface area contributed by atoms with E-state index < -0.39 is 24.9 Å². The van der Waals surface area contributed by atoms with Gasteiger partial charge in [-0.05, 0) is 37.9 Å². The molecule has 2 aromatic rings. The van der Waals surface area contributed by atoms with Crippen LogP contribution in [0.25, 0.3) is 11.1 Å². The Morgan fingerprint density at radius 1 is 1.26 bits per heavy atom. The number of benzene rings is 1. The van der Waals surface area contributed by atoms with E-state index in [1.165, 1.54) is 24.4 Å². The van der Waals surface area contributed by atoms with Crippen molar-refractivity contribution in [3.05, 3.63) is 47.8 Å². The first-order chi connectivity index (χ1) is 12.5. The van der Waals surface area contributed by atoms with Gasteiger partial charge in [0.1, 0.15) is 0 Å². The van der Waals surface area contributed by atoms with Crippen LogP contribution < -0.4 is 5.73 Å². The quantitative estimate of drug-likeness (QED) is 0.334. The van der Waals surface area contributed by atoms with Crippen molar-refractivity contribution >= 4 is 18.8 Å². The molecule has 0 aliphatic heterocycles. The van der Waals surface area contributed by atoms with Crippen molar-refractivity contribution in [3.8, 4) is 11.1 Å². The molecule has 1 heterocycles. The molecular weight excluding hydrogens is 380 g/mol. The molecule has 0 spiro atoms. The van der Waals surface area contributed by atoms with Crippen LogP contribution in [0.1, 0.15) is 22.3 Å². The lowest BCUT2D eigenvalue weighted by molar-refractivity contribution is -0.137. The van der Waals surface area contributed by atoms with Gasteiger partial charge in [0.15, 0.2) is 0 Å². The molecule has 146 valence electrons. The van der Waals surface area contributed by atoms with Gasteiger partial charge >= 0.3 is 12.1 Å². The molecule has 1 aromatic heterocycles. The minimum Gasteiger partial charge on any atom is -0.462 e. The number of aromatic nitrogens is 1. The van der Waals surface area contributed by atoms with Gasteiger partial charge < -0.3 is 15.0 Å². The zero-order chi connectivity index (χ0) is 20.2. The van der Waals surface area contributed by atoms with Crippen molar-refractivity contribution in [2.24, 2.45) is 0 Å². The maximum absolute atomic E-state index is 13.4. The number of esters is 1. The molecule has 0 amide bonds. The second-order valence-corrected chi connectivity index (χ2v) is 10.1. The predicted octanol–water partition coefficient (Wildman–Crippen LogP) is 4.52. The number of hydrogen-bond donors (Lipinski definition) is 1. The molecule has 0 aliphatic rings. The van der Waals surface area contributed by atoms with Gasteiger partial charge in [0.25, 0.3) is 0 Å². The lowest BCUT2D eigenvalue weighted by atomic mass is 9.95. The third-order valence-electron chi connectivity index (χ3n) is 3.79. The Balaban J connectivity index is 2.35. The Hall–Kier alpha value is -2.34. The average Bonchev–Trinajstić information content (AvgIpc) is 2.57.